The van der Waals surface area contributed by atoms with E-state index < -0.39 is 18.0 Å². The molecular formula is C17H30NO5-. The van der Waals surface area contributed by atoms with Gasteiger partial charge in [0.2, 0.25) is 5.91 Å². The van der Waals surface area contributed by atoms with E-state index >= 15 is 0 Å². The minimum Gasteiger partial charge on any atom is -0.548 e. The summed E-state index contributed by atoms with van der Waals surface area (Å²) in [7, 11) is 0. The third kappa shape index (κ3) is 13.8. The smallest absolute Gasteiger partial charge is 0.303 e. The zero-order valence-electron chi connectivity index (χ0n) is 14.1. The summed E-state index contributed by atoms with van der Waals surface area (Å²) >= 11 is 0. The van der Waals surface area contributed by atoms with Crippen LogP contribution in [0.4, 0.5) is 0 Å². The molecule has 0 bridgehead atoms. The van der Waals surface area contributed by atoms with E-state index in [1.165, 1.54) is 38.5 Å². The summed E-state index contributed by atoms with van der Waals surface area (Å²) in [6.45, 7) is 2.19. The van der Waals surface area contributed by atoms with E-state index in [2.05, 4.69) is 12.2 Å². The van der Waals surface area contributed by atoms with Crippen LogP contribution in [0.5, 0.6) is 0 Å². The van der Waals surface area contributed by atoms with Gasteiger partial charge in [-0.05, 0) is 12.8 Å². The summed E-state index contributed by atoms with van der Waals surface area (Å²) in [4.78, 5) is 33.0. The van der Waals surface area contributed by atoms with Gasteiger partial charge >= 0.3 is 5.97 Å². The number of hydrogen-bond acceptors (Lipinski definition) is 4. The number of unbranched alkanes of at least 4 members (excludes halogenated alkanes) is 8. The maximum Gasteiger partial charge on any atom is 0.303 e. The predicted molar refractivity (Wildman–Crippen MR) is 85.7 cm³/mol. The first kappa shape index (κ1) is 21.4. The van der Waals surface area contributed by atoms with Gasteiger partial charge in [-0.2, -0.15) is 0 Å². The van der Waals surface area contributed by atoms with Gasteiger partial charge in [-0.25, -0.2) is 0 Å². The lowest BCUT2D eigenvalue weighted by atomic mass is 10.1. The Balaban J connectivity index is 3.67. The molecule has 0 saturated heterocycles. The second-order valence-corrected chi connectivity index (χ2v) is 5.95. The summed E-state index contributed by atoms with van der Waals surface area (Å²) in [5.41, 5.74) is 0. The molecule has 6 nitrogen and oxygen atoms in total. The molecule has 0 saturated carbocycles. The van der Waals surface area contributed by atoms with Crippen LogP contribution in [0.25, 0.3) is 0 Å². The Labute approximate surface area is 138 Å². The molecule has 0 fully saturated rings. The van der Waals surface area contributed by atoms with Gasteiger partial charge in [0.15, 0.2) is 0 Å². The molecule has 23 heavy (non-hydrogen) atoms. The first-order valence-electron chi connectivity index (χ1n) is 8.69. The second-order valence-electron chi connectivity index (χ2n) is 5.95. The highest BCUT2D eigenvalue weighted by atomic mass is 16.4. The number of carboxylic acids is 2. The normalized spacial score (nSPS) is 11.9. The molecule has 0 spiro atoms. The molecule has 0 aliphatic rings. The van der Waals surface area contributed by atoms with Crippen LogP contribution in [0.2, 0.25) is 0 Å². The van der Waals surface area contributed by atoms with E-state index in [0.717, 1.165) is 19.3 Å². The largest absolute Gasteiger partial charge is 0.548 e. The van der Waals surface area contributed by atoms with Gasteiger partial charge in [0.05, 0.1) is 12.0 Å². The lowest BCUT2D eigenvalue weighted by Crippen LogP contribution is -2.48. The van der Waals surface area contributed by atoms with Crippen molar-refractivity contribution in [2.24, 2.45) is 0 Å². The molecule has 2 N–H and O–H groups in total. The highest BCUT2D eigenvalue weighted by Crippen LogP contribution is 2.10. The topological polar surface area (TPSA) is 107 Å². The van der Waals surface area contributed by atoms with Crippen LogP contribution in [0.3, 0.4) is 0 Å². The van der Waals surface area contributed by atoms with Crippen LogP contribution in [-0.2, 0) is 14.4 Å². The van der Waals surface area contributed by atoms with E-state index in [-0.39, 0.29) is 25.2 Å². The van der Waals surface area contributed by atoms with E-state index in [1.807, 2.05) is 0 Å². The van der Waals surface area contributed by atoms with Crippen molar-refractivity contribution >= 4 is 17.8 Å². The lowest BCUT2D eigenvalue weighted by Gasteiger charge is -2.18. The summed E-state index contributed by atoms with van der Waals surface area (Å²) < 4.78 is 0. The van der Waals surface area contributed by atoms with Crippen molar-refractivity contribution < 1.29 is 24.6 Å². The number of rotatable bonds is 15. The van der Waals surface area contributed by atoms with Gasteiger partial charge in [-0.3, -0.25) is 9.59 Å². The van der Waals surface area contributed by atoms with Gasteiger partial charge < -0.3 is 20.3 Å². The SMILES string of the molecule is CCCCCCCCCCCC(=O)NC(CCC(=O)O)C(=O)[O-]. The molecule has 0 radical (unpaired) electrons. The second kappa shape index (κ2) is 14.0. The molecule has 0 aromatic heterocycles. The van der Waals surface area contributed by atoms with Crippen LogP contribution < -0.4 is 10.4 Å². The quantitative estimate of drug-likeness (QED) is 0.447. The number of amides is 1. The molecule has 1 unspecified atom stereocenters. The van der Waals surface area contributed by atoms with E-state index in [0.29, 0.717) is 0 Å². The Morgan fingerprint density at radius 1 is 0.913 bits per heavy atom. The highest BCUT2D eigenvalue weighted by Gasteiger charge is 2.14. The van der Waals surface area contributed by atoms with Crippen molar-refractivity contribution in [1.29, 1.82) is 0 Å². The zero-order chi connectivity index (χ0) is 17.5. The minimum atomic E-state index is -1.44. The molecule has 0 rings (SSSR count). The van der Waals surface area contributed by atoms with Crippen molar-refractivity contribution in [3.63, 3.8) is 0 Å². The van der Waals surface area contributed by atoms with Gasteiger partial charge in [-0.15, -0.1) is 0 Å². The standard InChI is InChI=1S/C17H31NO5/c1-2-3-4-5-6-7-8-9-10-11-15(19)18-14(17(22)23)12-13-16(20)21/h14H,2-13H2,1H3,(H,18,19)(H,20,21)(H,22,23)/p-1. The minimum absolute atomic E-state index is 0.152. The maximum absolute atomic E-state index is 11.7. The summed E-state index contributed by atoms with van der Waals surface area (Å²) in [5.74, 6) is -2.89. The average Bonchev–Trinajstić information content (AvgIpc) is 2.49. The third-order valence-corrected chi connectivity index (χ3v) is 3.77. The van der Waals surface area contributed by atoms with Gasteiger partial charge in [0.25, 0.3) is 0 Å². The molecule has 0 aromatic carbocycles. The molecule has 134 valence electrons. The molecule has 0 aliphatic heterocycles. The Morgan fingerprint density at radius 3 is 1.91 bits per heavy atom. The molecule has 1 atom stereocenters. The van der Waals surface area contributed by atoms with Crippen LogP contribution in [0.15, 0.2) is 0 Å². The summed E-state index contributed by atoms with van der Waals surface area (Å²) in [6, 6.07) is -1.22. The first-order valence-corrected chi connectivity index (χ1v) is 8.69. The molecule has 6 heteroatoms. The monoisotopic (exact) mass is 328 g/mol. The van der Waals surface area contributed by atoms with Crippen LogP contribution in [0.1, 0.15) is 84.0 Å². The van der Waals surface area contributed by atoms with Crippen LogP contribution in [0, 0.1) is 0 Å². The van der Waals surface area contributed by atoms with Crippen molar-refractivity contribution in [3.05, 3.63) is 0 Å². The van der Waals surface area contributed by atoms with E-state index in [4.69, 9.17) is 5.11 Å². The van der Waals surface area contributed by atoms with Crippen molar-refractivity contribution in [2.75, 3.05) is 0 Å². The Morgan fingerprint density at radius 2 is 1.43 bits per heavy atom. The number of carbonyl (C=O) groups excluding carboxylic acids is 2. The number of carbonyl (C=O) groups is 3. The van der Waals surface area contributed by atoms with E-state index in [9.17, 15) is 19.5 Å². The molecule has 0 heterocycles. The Hall–Kier alpha value is -1.59. The highest BCUT2D eigenvalue weighted by molar-refractivity contribution is 5.83. The fourth-order valence-corrected chi connectivity index (χ4v) is 2.38. The molecule has 1 amide bonds. The summed E-state index contributed by atoms with van der Waals surface area (Å²) in [6.07, 6.45) is 10.1. The zero-order valence-corrected chi connectivity index (χ0v) is 14.1. The predicted octanol–water partition coefficient (Wildman–Crippen LogP) is 2.01. The lowest BCUT2D eigenvalue weighted by molar-refractivity contribution is -0.308. The van der Waals surface area contributed by atoms with Gasteiger partial charge in [-0.1, -0.05) is 58.3 Å². The van der Waals surface area contributed by atoms with Crippen LogP contribution >= 0.6 is 0 Å². The first-order chi connectivity index (χ1) is 11.0. The number of carboxylic acid groups (broad SMARTS) is 2. The Kier molecular flexibility index (Phi) is 13.1. The molecule has 0 aliphatic carbocycles. The summed E-state index contributed by atoms with van der Waals surface area (Å²) in [5, 5.41) is 21.7. The van der Waals surface area contributed by atoms with Gasteiger partial charge in [0, 0.05) is 12.8 Å². The maximum atomic E-state index is 11.7. The van der Waals surface area contributed by atoms with Gasteiger partial charge in [0.1, 0.15) is 0 Å². The third-order valence-electron chi connectivity index (χ3n) is 3.77. The number of nitrogens with one attached hydrogen (secondary N) is 1. The fraction of sp³-hybridized carbons (Fsp3) is 0.824. The number of aliphatic carboxylic acids is 2. The van der Waals surface area contributed by atoms with Crippen molar-refractivity contribution in [1.82, 2.24) is 5.32 Å². The molecule has 0 aromatic rings. The van der Waals surface area contributed by atoms with Crippen molar-refractivity contribution in [3.8, 4) is 0 Å². The van der Waals surface area contributed by atoms with Crippen molar-refractivity contribution in [2.45, 2.75) is 90.0 Å². The van der Waals surface area contributed by atoms with Crippen LogP contribution in [-0.4, -0.2) is 29.0 Å². The average molecular weight is 328 g/mol. The van der Waals surface area contributed by atoms with E-state index in [1.54, 1.807) is 0 Å². The number of hydrogen-bond donors (Lipinski definition) is 2. The molecular weight excluding hydrogens is 298 g/mol. The fourth-order valence-electron chi connectivity index (χ4n) is 2.38. The Bertz CT molecular complexity index is 357.